The first kappa shape index (κ1) is 23.3. The molecule has 5 N–H and O–H groups in total. The summed E-state index contributed by atoms with van der Waals surface area (Å²) in [4.78, 5) is 32.0. The second kappa shape index (κ2) is 9.95. The lowest BCUT2D eigenvalue weighted by Crippen LogP contribution is -2.32. The Bertz CT molecular complexity index is 716. The summed E-state index contributed by atoms with van der Waals surface area (Å²) in [6.45, 7) is 2.23. The van der Waals surface area contributed by atoms with E-state index in [1.165, 1.54) is 25.0 Å². The zero-order valence-corrected chi connectivity index (χ0v) is 15.3. The van der Waals surface area contributed by atoms with Gasteiger partial charge in [0, 0.05) is 18.2 Å². The highest BCUT2D eigenvalue weighted by Crippen LogP contribution is 2.31. The Morgan fingerprint density at radius 2 is 1.75 bits per heavy atom. The molecule has 1 fully saturated rings. The Balaban J connectivity index is 0.000000480. The summed E-state index contributed by atoms with van der Waals surface area (Å²) in [6.07, 6.45) is -0.442. The Hall–Kier alpha value is -2.78. The zero-order valence-electron chi connectivity index (χ0n) is 15.3. The molecule has 1 atom stereocenters. The maximum atomic E-state index is 12.2. The van der Waals surface area contributed by atoms with Crippen molar-refractivity contribution < 1.29 is 37.8 Å². The molecule has 0 saturated heterocycles. The van der Waals surface area contributed by atoms with Crippen LogP contribution in [0.2, 0.25) is 0 Å². The Morgan fingerprint density at radius 1 is 1.21 bits per heavy atom. The SMILES string of the molecule is CC(C(=O)NCc1cc(C(=O)O)ccc1N)C1CCCC1.O=C(O)C(F)(F)F. The zero-order chi connectivity index (χ0) is 21.5. The molecule has 1 aromatic rings. The quantitative estimate of drug-likeness (QED) is 0.558. The normalized spacial score (nSPS) is 15.3. The first-order valence-corrected chi connectivity index (χ1v) is 8.63. The van der Waals surface area contributed by atoms with Crippen molar-refractivity contribution in [2.45, 2.75) is 45.3 Å². The number of benzene rings is 1. The molecule has 0 aromatic heterocycles. The van der Waals surface area contributed by atoms with Crippen LogP contribution >= 0.6 is 0 Å². The molecule has 0 radical (unpaired) electrons. The van der Waals surface area contributed by atoms with Crippen LogP contribution in [0.1, 0.15) is 48.5 Å². The van der Waals surface area contributed by atoms with Crippen molar-refractivity contribution in [3.05, 3.63) is 29.3 Å². The molecule has 1 saturated carbocycles. The number of carboxylic acid groups (broad SMARTS) is 2. The van der Waals surface area contributed by atoms with Crippen LogP contribution in [0.4, 0.5) is 18.9 Å². The van der Waals surface area contributed by atoms with Gasteiger partial charge in [0.2, 0.25) is 5.91 Å². The highest BCUT2D eigenvalue weighted by Gasteiger charge is 2.38. The van der Waals surface area contributed by atoms with Crippen LogP contribution in [-0.4, -0.2) is 34.2 Å². The van der Waals surface area contributed by atoms with Gasteiger partial charge in [-0.3, -0.25) is 4.79 Å². The van der Waals surface area contributed by atoms with Gasteiger partial charge in [0.25, 0.3) is 0 Å². The van der Waals surface area contributed by atoms with E-state index in [9.17, 15) is 22.8 Å². The number of aliphatic carboxylic acids is 1. The van der Waals surface area contributed by atoms with Crippen molar-refractivity contribution in [3.8, 4) is 0 Å². The maximum Gasteiger partial charge on any atom is 0.490 e. The van der Waals surface area contributed by atoms with Crippen molar-refractivity contribution in [1.29, 1.82) is 0 Å². The number of aromatic carboxylic acids is 1. The lowest BCUT2D eigenvalue weighted by molar-refractivity contribution is -0.192. The Labute approximate surface area is 159 Å². The molecule has 156 valence electrons. The summed E-state index contributed by atoms with van der Waals surface area (Å²) >= 11 is 0. The van der Waals surface area contributed by atoms with E-state index >= 15 is 0 Å². The van der Waals surface area contributed by atoms with E-state index in [1.807, 2.05) is 6.92 Å². The summed E-state index contributed by atoms with van der Waals surface area (Å²) < 4.78 is 31.7. The number of halogens is 3. The van der Waals surface area contributed by atoms with E-state index < -0.39 is 18.1 Å². The third-order valence-corrected chi connectivity index (χ3v) is 4.61. The fraction of sp³-hybridized carbons (Fsp3) is 0.500. The summed E-state index contributed by atoms with van der Waals surface area (Å²) in [6, 6.07) is 4.54. The van der Waals surface area contributed by atoms with Gasteiger partial charge in [-0.15, -0.1) is 0 Å². The number of carbonyl (C=O) groups is 3. The average molecular weight is 404 g/mol. The molecule has 0 bridgehead atoms. The van der Waals surface area contributed by atoms with Crippen molar-refractivity contribution in [2.24, 2.45) is 11.8 Å². The van der Waals surface area contributed by atoms with E-state index in [2.05, 4.69) is 5.32 Å². The minimum Gasteiger partial charge on any atom is -0.478 e. The second-order valence-electron chi connectivity index (χ2n) is 6.57. The van der Waals surface area contributed by atoms with Crippen LogP contribution in [-0.2, 0) is 16.1 Å². The molecular weight excluding hydrogens is 381 g/mol. The van der Waals surface area contributed by atoms with Gasteiger partial charge in [0.05, 0.1) is 5.56 Å². The van der Waals surface area contributed by atoms with Gasteiger partial charge < -0.3 is 21.3 Å². The van der Waals surface area contributed by atoms with Gasteiger partial charge in [0.1, 0.15) is 0 Å². The number of carboxylic acids is 2. The fourth-order valence-corrected chi connectivity index (χ4v) is 2.91. The summed E-state index contributed by atoms with van der Waals surface area (Å²) in [5.41, 5.74) is 7.14. The monoisotopic (exact) mass is 404 g/mol. The number of amides is 1. The molecule has 2 rings (SSSR count). The third kappa shape index (κ3) is 7.09. The van der Waals surface area contributed by atoms with E-state index in [0.717, 1.165) is 12.8 Å². The minimum atomic E-state index is -5.08. The molecule has 10 heteroatoms. The van der Waals surface area contributed by atoms with Crippen LogP contribution in [0.5, 0.6) is 0 Å². The predicted molar refractivity (Wildman–Crippen MR) is 94.5 cm³/mol. The fourth-order valence-electron chi connectivity index (χ4n) is 2.91. The predicted octanol–water partition coefficient (Wildman–Crippen LogP) is 3.04. The lowest BCUT2D eigenvalue weighted by Gasteiger charge is -2.18. The summed E-state index contributed by atoms with van der Waals surface area (Å²) in [5, 5.41) is 19.0. The molecule has 1 unspecified atom stereocenters. The number of carbonyl (C=O) groups excluding carboxylic acids is 1. The molecule has 0 heterocycles. The van der Waals surface area contributed by atoms with Gasteiger partial charge in [-0.25, -0.2) is 9.59 Å². The number of nitrogen functional groups attached to an aromatic ring is 1. The average Bonchev–Trinajstić information content (AvgIpc) is 3.14. The largest absolute Gasteiger partial charge is 0.490 e. The minimum absolute atomic E-state index is 0.00335. The molecule has 1 aliphatic carbocycles. The molecule has 1 aromatic carbocycles. The smallest absolute Gasteiger partial charge is 0.478 e. The topological polar surface area (TPSA) is 130 Å². The number of anilines is 1. The van der Waals surface area contributed by atoms with Gasteiger partial charge in [-0.2, -0.15) is 13.2 Å². The highest BCUT2D eigenvalue weighted by atomic mass is 19.4. The van der Waals surface area contributed by atoms with Gasteiger partial charge >= 0.3 is 18.1 Å². The van der Waals surface area contributed by atoms with E-state index in [-0.39, 0.29) is 23.9 Å². The van der Waals surface area contributed by atoms with Crippen molar-refractivity contribution in [2.75, 3.05) is 5.73 Å². The van der Waals surface area contributed by atoms with E-state index in [4.69, 9.17) is 20.7 Å². The van der Waals surface area contributed by atoms with Crippen LogP contribution in [0.25, 0.3) is 0 Å². The van der Waals surface area contributed by atoms with Crippen LogP contribution in [0.3, 0.4) is 0 Å². The highest BCUT2D eigenvalue weighted by molar-refractivity contribution is 5.88. The molecule has 0 aliphatic heterocycles. The number of hydrogen-bond acceptors (Lipinski definition) is 4. The lowest BCUT2D eigenvalue weighted by atomic mass is 9.92. The molecule has 7 nitrogen and oxygen atoms in total. The third-order valence-electron chi connectivity index (χ3n) is 4.61. The van der Waals surface area contributed by atoms with Gasteiger partial charge in [-0.05, 0) is 42.5 Å². The number of rotatable bonds is 5. The number of nitrogens with two attached hydrogens (primary N) is 1. The van der Waals surface area contributed by atoms with Crippen LogP contribution < -0.4 is 11.1 Å². The number of nitrogens with one attached hydrogen (secondary N) is 1. The van der Waals surface area contributed by atoms with Crippen LogP contribution in [0, 0.1) is 11.8 Å². The van der Waals surface area contributed by atoms with Crippen molar-refractivity contribution in [3.63, 3.8) is 0 Å². The first-order chi connectivity index (χ1) is 12.9. The second-order valence-corrected chi connectivity index (χ2v) is 6.57. The van der Waals surface area contributed by atoms with E-state index in [1.54, 1.807) is 6.07 Å². The summed E-state index contributed by atoms with van der Waals surface area (Å²) in [5.74, 6) is -3.28. The molecule has 1 amide bonds. The van der Waals surface area contributed by atoms with Gasteiger partial charge in [-0.1, -0.05) is 19.8 Å². The molecular formula is C18H23F3N2O5. The molecule has 28 heavy (non-hydrogen) atoms. The summed E-state index contributed by atoms with van der Waals surface area (Å²) in [7, 11) is 0. The molecule has 0 spiro atoms. The Kier molecular flexibility index (Phi) is 8.27. The molecule has 1 aliphatic rings. The first-order valence-electron chi connectivity index (χ1n) is 8.63. The van der Waals surface area contributed by atoms with Gasteiger partial charge in [0.15, 0.2) is 0 Å². The van der Waals surface area contributed by atoms with E-state index in [0.29, 0.717) is 17.2 Å². The van der Waals surface area contributed by atoms with Crippen LogP contribution in [0.15, 0.2) is 18.2 Å². The van der Waals surface area contributed by atoms with Crippen molar-refractivity contribution >= 4 is 23.5 Å². The van der Waals surface area contributed by atoms with Crippen molar-refractivity contribution in [1.82, 2.24) is 5.32 Å². The maximum absolute atomic E-state index is 12.2. The number of alkyl halides is 3. The Morgan fingerprint density at radius 3 is 2.21 bits per heavy atom. The standard InChI is InChI=1S/C16H22N2O3.C2HF3O2/c1-10(11-4-2-3-5-11)15(19)18-9-13-8-12(16(20)21)6-7-14(13)17;3-2(4,5)1(6)7/h6-8,10-11H,2-5,9,17H2,1H3,(H,18,19)(H,20,21);(H,6,7). The number of hydrogen-bond donors (Lipinski definition) is 4.